The summed E-state index contributed by atoms with van der Waals surface area (Å²) in [6.45, 7) is 3.81. The molecule has 0 saturated carbocycles. The van der Waals surface area contributed by atoms with Gasteiger partial charge >= 0.3 is 5.97 Å². The van der Waals surface area contributed by atoms with Gasteiger partial charge in [0.2, 0.25) is 47.3 Å². The average molecular weight is 1600 g/mol. The third-order valence-electron chi connectivity index (χ3n) is 19.7. The zero-order chi connectivity index (χ0) is 85.0. The van der Waals surface area contributed by atoms with Crippen LogP contribution in [0, 0.1) is 41.4 Å². The maximum Gasteiger partial charge on any atom is 0.305 e. The van der Waals surface area contributed by atoms with E-state index >= 15 is 0 Å². The van der Waals surface area contributed by atoms with Crippen LogP contribution in [0.5, 0.6) is 5.75 Å². The largest absolute Gasteiger partial charge is 0.508 e. The van der Waals surface area contributed by atoms with Crippen molar-refractivity contribution in [1.29, 1.82) is 0 Å². The van der Waals surface area contributed by atoms with Crippen molar-refractivity contribution in [2.75, 3.05) is 46.0 Å². The number of aliphatic hydroxyl groups excluding tert-OH is 4. The molecule has 0 unspecified atom stereocenters. The maximum absolute atomic E-state index is 14.8. The van der Waals surface area contributed by atoms with Gasteiger partial charge in [-0.1, -0.05) is 116 Å². The van der Waals surface area contributed by atoms with Crippen LogP contribution in [0.15, 0.2) is 29.3 Å². The summed E-state index contributed by atoms with van der Waals surface area (Å²) < 4.78 is 0. The molecule has 0 aliphatic carbocycles. The van der Waals surface area contributed by atoms with Crippen molar-refractivity contribution in [3.63, 3.8) is 0 Å². The Labute approximate surface area is 663 Å². The number of hydrogen-bond donors (Lipinski definition) is 18. The molecular formula is C79H133N13O21. The summed E-state index contributed by atoms with van der Waals surface area (Å²) in [5.41, 5.74) is 34.1. The number of aliphatic imine (C=N–C) groups is 1. The van der Waals surface area contributed by atoms with E-state index in [9.17, 15) is 97.5 Å². The number of Topliss-reactive ketones (excluding diaryl/α,β-unsaturated/α-hetero) is 6. The number of aromatic hydroxyl groups is 1. The second kappa shape index (κ2) is 59.1. The number of aliphatic hydroxyl groups is 4. The molecule has 0 fully saturated rings. The summed E-state index contributed by atoms with van der Waals surface area (Å²) >= 11 is 0. The van der Waals surface area contributed by atoms with Gasteiger partial charge in [-0.25, -0.2) is 0 Å². The van der Waals surface area contributed by atoms with Crippen LogP contribution in [0.4, 0.5) is 0 Å². The third-order valence-corrected chi connectivity index (χ3v) is 19.7. The van der Waals surface area contributed by atoms with Crippen molar-refractivity contribution in [2.45, 2.75) is 276 Å². The molecule has 24 N–H and O–H groups in total. The van der Waals surface area contributed by atoms with Crippen LogP contribution in [0.2, 0.25) is 0 Å². The molecule has 0 aliphatic rings. The quantitative estimate of drug-likeness (QED) is 0.0249. The number of amides is 8. The number of carboxylic acids is 1. The molecule has 34 heteroatoms. The highest BCUT2D eigenvalue weighted by molar-refractivity contribution is 5.99. The Bertz CT molecular complexity index is 3170. The predicted molar refractivity (Wildman–Crippen MR) is 421 cm³/mol. The molecular weight excluding hydrogens is 1470 g/mol. The van der Waals surface area contributed by atoms with Crippen LogP contribution in [0.25, 0.3) is 0 Å². The Hall–Kier alpha value is -8.70. The molecule has 1 rings (SSSR count). The zero-order valence-electron chi connectivity index (χ0n) is 66.8. The summed E-state index contributed by atoms with van der Waals surface area (Å²) in [5.74, 6) is -21.8. The lowest BCUT2D eigenvalue weighted by Crippen LogP contribution is -2.52. The Balaban J connectivity index is 3.52. The lowest BCUT2D eigenvalue weighted by Gasteiger charge is -2.27. The van der Waals surface area contributed by atoms with E-state index in [4.69, 9.17) is 39.5 Å². The fourth-order valence-corrected chi connectivity index (χ4v) is 13.0. The number of benzene rings is 1. The topological polar surface area (TPSA) is 618 Å². The molecule has 0 bridgehead atoms. The van der Waals surface area contributed by atoms with Crippen molar-refractivity contribution < 1.29 is 103 Å². The number of nitrogens with zero attached hydrogens (tertiary/aromatic N) is 1. The monoisotopic (exact) mass is 1600 g/mol. The Morgan fingerprint density at radius 2 is 0.876 bits per heavy atom. The maximum atomic E-state index is 14.8. The number of phenolic OH excluding ortho intramolecular Hbond substituents is 1. The first-order chi connectivity index (χ1) is 53.6. The average Bonchev–Trinajstić information content (AvgIpc) is 0.859. The summed E-state index contributed by atoms with van der Waals surface area (Å²) in [6, 6.07) is -2.00. The summed E-state index contributed by atoms with van der Waals surface area (Å²) in [4.78, 5) is 207. The minimum Gasteiger partial charge on any atom is -0.508 e. The molecule has 0 aliphatic heterocycles. The fourth-order valence-electron chi connectivity index (χ4n) is 13.0. The molecule has 113 heavy (non-hydrogen) atoms. The van der Waals surface area contributed by atoms with Crippen molar-refractivity contribution >= 4 is 93.9 Å². The summed E-state index contributed by atoms with van der Waals surface area (Å²) in [6.07, 6.45) is 9.36. The molecule has 8 amide bonds. The minimum atomic E-state index is -1.80. The van der Waals surface area contributed by atoms with Gasteiger partial charge in [0.15, 0.2) is 34.9 Å². The van der Waals surface area contributed by atoms with Gasteiger partial charge in [0.05, 0.1) is 74.8 Å². The Kier molecular flexibility index (Phi) is 53.5. The zero-order valence-corrected chi connectivity index (χ0v) is 66.8. The standard InChI is InChI=1S/C79H133N13O21/c1-5-6-7-8-9-10-11-12-13-14-15-16-17-24-58(98)39-55(46-93)73(108)87-45-59(99)38-54(37-51-27-29-57(97)30-28-51)76(111)90-63(31-32-70(82)104)66(100)40-52(23-18-20-33-80)74(109)88-61(25-19-21-34-81)67(101)41-53(36-49(2)3)75(110)89-62(26-22-35-86-79(84)85)68(102)42-56(47-94)77(112)92-65(48-95)69(103)43-60(50(4)96)78(113)91-64(72(83)107)44-71(105)106/h27-30,49-50,52-56,60-65,93-97H,5-26,31-48,80-81H2,1-4H3,(H2,82,104)(H2,83,107)(H,87,108)(H,88,109)(H,89,110)(H,90,111)(H,91,113)(H,92,112)(H,105,106)(H4,84,85,86)/t50-,52-,53-,54-,55+,56+,60+,61+,62+,63+,64+,65+/m1/s1. The number of unbranched alkanes of at least 4 members (excludes halogenated alkanes) is 14. The molecule has 1 aromatic carbocycles. The van der Waals surface area contributed by atoms with Crippen LogP contribution >= 0.6 is 0 Å². The molecule has 12 atom stereocenters. The van der Waals surface area contributed by atoms with Crippen LogP contribution < -0.4 is 66.3 Å². The van der Waals surface area contributed by atoms with Crippen LogP contribution in [-0.4, -0.2) is 207 Å². The number of carbonyl (C=O) groups excluding carboxylic acids is 14. The minimum absolute atomic E-state index is 0.00627. The van der Waals surface area contributed by atoms with Crippen molar-refractivity contribution in [3.8, 4) is 5.75 Å². The van der Waals surface area contributed by atoms with E-state index in [2.05, 4.69) is 43.8 Å². The molecule has 0 saturated heterocycles. The normalized spacial score (nSPS) is 14.5. The Morgan fingerprint density at radius 3 is 1.36 bits per heavy atom. The van der Waals surface area contributed by atoms with Crippen LogP contribution in [0.1, 0.15) is 239 Å². The van der Waals surface area contributed by atoms with Gasteiger partial charge in [-0.2, -0.15) is 0 Å². The van der Waals surface area contributed by atoms with E-state index in [1.54, 1.807) is 13.8 Å². The first kappa shape index (κ1) is 102. The van der Waals surface area contributed by atoms with Gasteiger partial charge in [0.1, 0.15) is 23.6 Å². The van der Waals surface area contributed by atoms with E-state index in [0.29, 0.717) is 37.7 Å². The predicted octanol–water partition coefficient (Wildman–Crippen LogP) is 1.35. The first-order valence-corrected chi connectivity index (χ1v) is 40.1. The van der Waals surface area contributed by atoms with Gasteiger partial charge < -0.3 is 96.9 Å². The second-order valence-corrected chi connectivity index (χ2v) is 30.1. The van der Waals surface area contributed by atoms with Crippen LogP contribution in [-0.2, 0) is 78.3 Å². The van der Waals surface area contributed by atoms with Gasteiger partial charge in [0.25, 0.3) is 0 Å². The number of aliphatic carboxylic acids is 1. The van der Waals surface area contributed by atoms with E-state index in [1.165, 1.54) is 75.6 Å². The van der Waals surface area contributed by atoms with Gasteiger partial charge in [0, 0.05) is 75.7 Å². The highest BCUT2D eigenvalue weighted by atomic mass is 16.4. The first-order valence-electron chi connectivity index (χ1n) is 40.1. The van der Waals surface area contributed by atoms with Crippen LogP contribution in [0.3, 0.4) is 0 Å². The SMILES string of the molecule is CCCCCCCCCCCCCCCC(=O)C[C@@H](CO)C(=O)NCC(=O)C[C@@H](Cc1ccc(O)cc1)C(=O)N[C@@H](CCC(N)=O)C(=O)C[C@@H](CCCCN)C(=O)N[C@@H](CCCCN)C(=O)C[C@@H](CC(C)C)C(=O)N[C@@H](CCCN=C(N)N)C(=O)C[C@@H](CO)C(=O)N[C@@H](CO)C(=O)C[C@H](C(=O)N[C@@H](CC(=O)O)C(N)=O)[C@@H](C)O. The molecule has 0 spiro atoms. The van der Waals surface area contributed by atoms with E-state index in [1.807, 2.05) is 0 Å². The fraction of sp³-hybridized carbons (Fsp3) is 0.722. The molecule has 1 aromatic rings. The van der Waals surface area contributed by atoms with Crippen molar-refractivity contribution in [1.82, 2.24) is 31.9 Å². The number of guanidine groups is 1. The van der Waals surface area contributed by atoms with Crippen molar-refractivity contribution in [3.05, 3.63) is 29.8 Å². The highest BCUT2D eigenvalue weighted by Gasteiger charge is 2.38. The number of carboxylic acid groups (broad SMARTS) is 1. The molecule has 0 radical (unpaired) electrons. The number of nitrogens with two attached hydrogens (primary N) is 6. The van der Waals surface area contributed by atoms with Gasteiger partial charge in [-0.3, -0.25) is 76.9 Å². The molecule has 640 valence electrons. The lowest BCUT2D eigenvalue weighted by molar-refractivity contribution is -0.141. The number of primary amides is 2. The van der Waals surface area contributed by atoms with Crippen molar-refractivity contribution in [2.24, 2.45) is 80.8 Å². The van der Waals surface area contributed by atoms with Gasteiger partial charge in [-0.15, -0.1) is 0 Å². The second-order valence-electron chi connectivity index (χ2n) is 30.1. The molecule has 0 heterocycles. The lowest BCUT2D eigenvalue weighted by atomic mass is 9.87. The summed E-state index contributed by atoms with van der Waals surface area (Å²) in [5, 5.41) is 75.4. The molecule has 0 aromatic heterocycles. The number of ketones is 6. The van der Waals surface area contributed by atoms with E-state index in [-0.39, 0.29) is 101 Å². The van der Waals surface area contributed by atoms with E-state index in [0.717, 1.165) is 32.6 Å². The highest BCUT2D eigenvalue weighted by Crippen LogP contribution is 2.25. The smallest absolute Gasteiger partial charge is 0.305 e. The molecule has 34 nitrogen and oxygen atoms in total. The van der Waals surface area contributed by atoms with E-state index < -0.39 is 225 Å². The number of rotatable bonds is 69. The number of phenols is 1. The number of hydrogen-bond acceptors (Lipinski definition) is 23. The Morgan fingerprint density at radius 1 is 0.434 bits per heavy atom. The number of nitrogens with one attached hydrogen (secondary N) is 6. The summed E-state index contributed by atoms with van der Waals surface area (Å²) in [7, 11) is 0. The third kappa shape index (κ3) is 45.1. The number of carbonyl (C=O) groups is 15. The van der Waals surface area contributed by atoms with Gasteiger partial charge in [-0.05, 0) is 114 Å².